The quantitative estimate of drug-likeness (QED) is 0.123. The van der Waals surface area contributed by atoms with Crippen LogP contribution in [0.25, 0.3) is 0 Å². The van der Waals surface area contributed by atoms with E-state index >= 15 is 0 Å². The molecule has 4 atom stereocenters. The van der Waals surface area contributed by atoms with Gasteiger partial charge in [-0.25, -0.2) is 13.2 Å². The first-order chi connectivity index (χ1) is 22.2. The maximum atomic E-state index is 14.4. The van der Waals surface area contributed by atoms with Gasteiger partial charge < -0.3 is 26.2 Å². The molecule has 272 valence electrons. The Morgan fingerprint density at radius 1 is 0.958 bits per heavy atom. The number of nitrogens with one attached hydrogen (secondary N) is 4. The number of ketones is 1. The van der Waals surface area contributed by atoms with Crippen LogP contribution >= 0.6 is 0 Å². The minimum Gasteiger partial charge on any atom is -0.349 e. The van der Waals surface area contributed by atoms with Crippen LogP contribution in [0.1, 0.15) is 106 Å². The van der Waals surface area contributed by atoms with Gasteiger partial charge in [-0.2, -0.15) is 0 Å². The third-order valence-corrected chi connectivity index (χ3v) is 11.0. The van der Waals surface area contributed by atoms with E-state index in [1.165, 1.54) is 4.90 Å². The summed E-state index contributed by atoms with van der Waals surface area (Å²) in [5.41, 5.74) is -2.06. The molecule has 0 radical (unpaired) electrons. The lowest BCUT2D eigenvalue weighted by Crippen LogP contribution is -2.63. The fourth-order valence-corrected chi connectivity index (χ4v) is 8.60. The first-order valence-electron chi connectivity index (χ1n) is 17.5. The average Bonchev–Trinajstić information content (AvgIpc) is 3.65. The number of rotatable bonds is 14. The summed E-state index contributed by atoms with van der Waals surface area (Å²) >= 11 is 0. The Kier molecular flexibility index (Phi) is 12.9. The predicted octanol–water partition coefficient (Wildman–Crippen LogP) is 3.26. The van der Waals surface area contributed by atoms with Crippen molar-refractivity contribution in [3.8, 4) is 0 Å². The SMILES string of the molecule is C=CCCNC(=O)C(=O)C(CC1CC1)NC(=O)[C@@H]1C(C(C)(C)C)CCN1C(=O)[C@@H](NC(=O)NC1(CS(C)(=O)=O)CCCCC1)C(C)(C)C. The summed E-state index contributed by atoms with van der Waals surface area (Å²) in [6.45, 7) is 15.6. The van der Waals surface area contributed by atoms with E-state index in [-0.39, 0.29) is 36.1 Å². The molecular weight excluding hydrogens is 634 g/mol. The van der Waals surface area contributed by atoms with Gasteiger partial charge >= 0.3 is 6.03 Å². The molecule has 12 nitrogen and oxygen atoms in total. The molecule has 0 spiro atoms. The van der Waals surface area contributed by atoms with Gasteiger partial charge in [0.1, 0.15) is 21.9 Å². The van der Waals surface area contributed by atoms with E-state index in [4.69, 9.17) is 0 Å². The van der Waals surface area contributed by atoms with E-state index in [1.807, 2.05) is 41.5 Å². The Labute approximate surface area is 287 Å². The van der Waals surface area contributed by atoms with Gasteiger partial charge in [0.05, 0.1) is 17.3 Å². The van der Waals surface area contributed by atoms with Gasteiger partial charge in [-0.1, -0.05) is 79.7 Å². The van der Waals surface area contributed by atoms with E-state index in [9.17, 15) is 32.4 Å². The summed E-state index contributed by atoms with van der Waals surface area (Å²) < 4.78 is 24.6. The van der Waals surface area contributed by atoms with Gasteiger partial charge in [0.2, 0.25) is 17.6 Å². The predicted molar refractivity (Wildman–Crippen MR) is 186 cm³/mol. The number of sulfone groups is 1. The monoisotopic (exact) mass is 693 g/mol. The van der Waals surface area contributed by atoms with Crippen LogP contribution in [-0.4, -0.2) is 91.6 Å². The highest BCUT2D eigenvalue weighted by Crippen LogP contribution is 2.40. The van der Waals surface area contributed by atoms with Crippen molar-refractivity contribution < 1.29 is 32.4 Å². The van der Waals surface area contributed by atoms with Crippen LogP contribution in [0.5, 0.6) is 0 Å². The molecule has 0 aromatic rings. The maximum Gasteiger partial charge on any atom is 0.315 e. The van der Waals surface area contributed by atoms with Crippen LogP contribution in [0.2, 0.25) is 0 Å². The number of urea groups is 1. The molecule has 0 bridgehead atoms. The fourth-order valence-electron chi connectivity index (χ4n) is 7.24. The van der Waals surface area contributed by atoms with Gasteiger partial charge in [-0.05, 0) is 54.8 Å². The number of Topliss-reactive ketones (excluding diaryl/α,β-unsaturated/α-hetero) is 1. The Hall–Kier alpha value is -2.96. The molecule has 1 heterocycles. The van der Waals surface area contributed by atoms with Crippen molar-refractivity contribution in [1.82, 2.24) is 26.2 Å². The zero-order valence-electron chi connectivity index (χ0n) is 30.1. The minimum atomic E-state index is -3.40. The Bertz CT molecular complexity index is 1320. The van der Waals surface area contributed by atoms with Crippen LogP contribution in [0, 0.1) is 22.7 Å². The maximum absolute atomic E-state index is 14.4. The Morgan fingerprint density at radius 2 is 1.58 bits per heavy atom. The molecule has 2 unspecified atom stereocenters. The van der Waals surface area contributed by atoms with Crippen molar-refractivity contribution >= 4 is 39.4 Å². The number of carbonyl (C=O) groups is 5. The van der Waals surface area contributed by atoms with Gasteiger partial charge in [0, 0.05) is 19.3 Å². The molecule has 2 aliphatic carbocycles. The normalized spacial score (nSPS) is 22.6. The zero-order chi connectivity index (χ0) is 36.1. The fraction of sp³-hybridized carbons (Fsp3) is 0.800. The lowest BCUT2D eigenvalue weighted by molar-refractivity contribution is -0.145. The lowest BCUT2D eigenvalue weighted by Gasteiger charge is -2.40. The lowest BCUT2D eigenvalue weighted by atomic mass is 9.75. The highest BCUT2D eigenvalue weighted by molar-refractivity contribution is 7.90. The Morgan fingerprint density at radius 3 is 2.10 bits per heavy atom. The summed E-state index contributed by atoms with van der Waals surface area (Å²) in [4.78, 5) is 69.7. The summed E-state index contributed by atoms with van der Waals surface area (Å²) in [6.07, 6.45) is 9.61. The van der Waals surface area contributed by atoms with E-state index < -0.39 is 68.5 Å². The highest BCUT2D eigenvalue weighted by Gasteiger charge is 2.50. The summed E-state index contributed by atoms with van der Waals surface area (Å²) in [5, 5.41) is 11.3. The van der Waals surface area contributed by atoms with Gasteiger partial charge in [0.15, 0.2) is 0 Å². The molecule has 4 N–H and O–H groups in total. The second kappa shape index (κ2) is 15.7. The third-order valence-electron chi connectivity index (χ3n) is 9.93. The first kappa shape index (κ1) is 39.5. The highest BCUT2D eigenvalue weighted by atomic mass is 32.2. The molecule has 0 aromatic heterocycles. The van der Waals surface area contributed by atoms with Gasteiger partial charge in [-0.3, -0.25) is 19.2 Å². The smallest absolute Gasteiger partial charge is 0.315 e. The molecular formula is C35H59N5O7S. The van der Waals surface area contributed by atoms with E-state index in [0.717, 1.165) is 38.4 Å². The first-order valence-corrected chi connectivity index (χ1v) is 19.5. The van der Waals surface area contributed by atoms with E-state index in [0.29, 0.717) is 32.1 Å². The van der Waals surface area contributed by atoms with Crippen LogP contribution in [0.3, 0.4) is 0 Å². The van der Waals surface area contributed by atoms with Crippen LogP contribution in [0.15, 0.2) is 12.7 Å². The Balaban J connectivity index is 1.86. The summed E-state index contributed by atoms with van der Waals surface area (Å²) in [6, 6.07) is -3.61. The molecule has 48 heavy (non-hydrogen) atoms. The molecule has 3 aliphatic rings. The molecule has 1 saturated heterocycles. The number of amides is 5. The van der Waals surface area contributed by atoms with Crippen molar-refractivity contribution in [2.24, 2.45) is 22.7 Å². The molecule has 3 rings (SSSR count). The van der Waals surface area contributed by atoms with Crippen LogP contribution in [0.4, 0.5) is 4.79 Å². The van der Waals surface area contributed by atoms with Crippen LogP contribution in [-0.2, 0) is 29.0 Å². The second-order valence-electron chi connectivity index (χ2n) is 16.5. The molecule has 1 aliphatic heterocycles. The molecule has 0 aromatic carbocycles. The molecule has 5 amide bonds. The zero-order valence-corrected chi connectivity index (χ0v) is 30.9. The van der Waals surface area contributed by atoms with E-state index in [2.05, 4.69) is 27.8 Å². The molecule has 13 heteroatoms. The van der Waals surface area contributed by atoms with Gasteiger partial charge in [-0.15, -0.1) is 6.58 Å². The molecule has 2 saturated carbocycles. The third kappa shape index (κ3) is 11.0. The van der Waals surface area contributed by atoms with Crippen molar-refractivity contribution in [2.45, 2.75) is 129 Å². The topological polar surface area (TPSA) is 171 Å². The van der Waals surface area contributed by atoms with Crippen molar-refractivity contribution in [3.05, 3.63) is 12.7 Å². The standard InChI is InChI=1S/C35H59N5O7S/c1-9-10-19-36-30(43)27(41)25(21-23-14-15-23)37-29(42)26-24(33(2,3)4)16-20-40(26)31(44)28(34(5,6)7)38-32(45)39-35(22-48(8,46)47)17-12-11-13-18-35/h9,23-26,28H,1,10-22H2,2-8H3,(H,36,43)(H,37,42)(H2,38,39,45)/t24?,25?,26-,28+/m0/s1. The number of hydrogen-bond acceptors (Lipinski definition) is 7. The summed E-state index contributed by atoms with van der Waals surface area (Å²) in [5.74, 6) is -2.60. The summed E-state index contributed by atoms with van der Waals surface area (Å²) in [7, 11) is -3.40. The van der Waals surface area contributed by atoms with Gasteiger partial charge in [0.25, 0.3) is 5.91 Å². The molecule has 3 fully saturated rings. The number of likely N-dealkylation sites (tertiary alicyclic amines) is 1. The number of hydrogen-bond donors (Lipinski definition) is 4. The van der Waals surface area contributed by atoms with Crippen molar-refractivity contribution in [3.63, 3.8) is 0 Å². The minimum absolute atomic E-state index is 0.184. The van der Waals surface area contributed by atoms with Crippen molar-refractivity contribution in [1.29, 1.82) is 0 Å². The number of carbonyl (C=O) groups excluding carboxylic acids is 5. The largest absolute Gasteiger partial charge is 0.349 e. The van der Waals surface area contributed by atoms with E-state index in [1.54, 1.807) is 6.08 Å². The van der Waals surface area contributed by atoms with Crippen LogP contribution < -0.4 is 21.3 Å². The van der Waals surface area contributed by atoms with Crippen molar-refractivity contribution in [2.75, 3.05) is 25.1 Å². The average molecular weight is 694 g/mol. The second-order valence-corrected chi connectivity index (χ2v) is 18.6. The number of nitrogens with zero attached hydrogens (tertiary/aromatic N) is 1.